The second-order valence-electron chi connectivity index (χ2n) is 9.53. The van der Waals surface area contributed by atoms with Gasteiger partial charge < -0.3 is 15.4 Å². The normalized spacial score (nSPS) is 35.8. The largest absolute Gasteiger partial charge is 0.330 e. The molecule has 5 unspecified atom stereocenters. The monoisotopic (exact) mass is 405 g/mol. The molecule has 4 aliphatic rings. The Morgan fingerprint density at radius 3 is 2.38 bits per heavy atom. The Balaban J connectivity index is 1.65. The highest BCUT2D eigenvalue weighted by atomic mass is 17.0. The summed E-state index contributed by atoms with van der Waals surface area (Å²) in [6, 6.07) is 10.5. The van der Waals surface area contributed by atoms with E-state index in [2.05, 4.69) is 29.1 Å². The smallest absolute Gasteiger partial charge is 0.294 e. The number of nitrogens with two attached hydrogens (primary N) is 1. The van der Waals surface area contributed by atoms with Gasteiger partial charge in [-0.1, -0.05) is 30.3 Å². The van der Waals surface area contributed by atoms with E-state index in [1.807, 2.05) is 6.07 Å². The van der Waals surface area contributed by atoms with Gasteiger partial charge in [0.2, 0.25) is 0 Å². The Kier molecular flexibility index (Phi) is 4.88. The van der Waals surface area contributed by atoms with Crippen molar-refractivity contribution in [1.82, 2.24) is 0 Å². The average Bonchev–Trinajstić information content (AvgIpc) is 2.65. The van der Waals surface area contributed by atoms with Crippen molar-refractivity contribution >= 4 is 0 Å². The molecular weight excluding hydrogens is 378 g/mol. The van der Waals surface area contributed by atoms with Gasteiger partial charge in [-0.15, -0.1) is 20.2 Å². The van der Waals surface area contributed by atoms with Crippen LogP contribution < -0.4 is 5.73 Å². The Hall–Kier alpha value is -2.42. The Morgan fingerprint density at radius 2 is 1.72 bits per heavy atom. The van der Waals surface area contributed by atoms with E-state index in [-0.39, 0.29) is 16.2 Å². The van der Waals surface area contributed by atoms with Gasteiger partial charge in [-0.3, -0.25) is 0 Å². The maximum Gasteiger partial charge on any atom is 0.294 e. The molecule has 1 aromatic rings. The molecule has 0 aliphatic heterocycles. The summed E-state index contributed by atoms with van der Waals surface area (Å²) >= 11 is 0. The summed E-state index contributed by atoms with van der Waals surface area (Å²) in [7, 11) is 0. The lowest BCUT2D eigenvalue weighted by atomic mass is 9.38. The van der Waals surface area contributed by atoms with Crippen LogP contribution in [0.25, 0.3) is 0 Å². The lowest BCUT2D eigenvalue weighted by Gasteiger charge is -2.67. The molecule has 0 radical (unpaired) electrons. The minimum Gasteiger partial charge on any atom is -0.330 e. The molecular formula is C20H27N3O6. The predicted octanol–water partition coefficient (Wildman–Crippen LogP) is 3.03. The van der Waals surface area contributed by atoms with Crippen molar-refractivity contribution in [3.63, 3.8) is 0 Å². The van der Waals surface area contributed by atoms with E-state index in [0.717, 1.165) is 38.5 Å². The van der Waals surface area contributed by atoms with E-state index in [0.29, 0.717) is 18.9 Å². The van der Waals surface area contributed by atoms with E-state index in [1.165, 1.54) is 5.56 Å². The summed E-state index contributed by atoms with van der Waals surface area (Å²) in [4.78, 5) is 30.9. The lowest BCUT2D eigenvalue weighted by molar-refractivity contribution is -0.790. The fourth-order valence-corrected chi connectivity index (χ4v) is 7.29. The zero-order valence-electron chi connectivity index (χ0n) is 16.3. The summed E-state index contributed by atoms with van der Waals surface area (Å²) in [6.07, 6.45) is 5.38. The van der Waals surface area contributed by atoms with E-state index >= 15 is 0 Å². The predicted molar refractivity (Wildman–Crippen MR) is 103 cm³/mol. The topological polar surface area (TPSA) is 131 Å². The molecule has 0 saturated heterocycles. The molecule has 0 amide bonds. The van der Waals surface area contributed by atoms with Gasteiger partial charge in [0.15, 0.2) is 0 Å². The quantitative estimate of drug-likeness (QED) is 0.493. The van der Waals surface area contributed by atoms with E-state index in [9.17, 15) is 20.2 Å². The van der Waals surface area contributed by atoms with Crippen molar-refractivity contribution in [1.29, 1.82) is 0 Å². The Bertz CT molecular complexity index is 792. The van der Waals surface area contributed by atoms with Crippen LogP contribution in [0.1, 0.15) is 50.5 Å². The Morgan fingerprint density at radius 1 is 1.03 bits per heavy atom. The molecule has 5 atom stereocenters. The third-order valence-electron chi connectivity index (χ3n) is 7.38. The first-order valence-electron chi connectivity index (χ1n) is 10.1. The minimum atomic E-state index is -0.964. The highest BCUT2D eigenvalue weighted by Crippen LogP contribution is 2.71. The number of nitrogens with zero attached hydrogens (tertiary/aromatic N) is 2. The van der Waals surface area contributed by atoms with Gasteiger partial charge in [-0.2, -0.15) is 0 Å². The maximum absolute atomic E-state index is 11.0. The van der Waals surface area contributed by atoms with E-state index in [1.54, 1.807) is 0 Å². The van der Waals surface area contributed by atoms with Gasteiger partial charge in [-0.25, -0.2) is 0 Å². The average molecular weight is 405 g/mol. The second kappa shape index (κ2) is 7.12. The molecule has 0 aromatic heterocycles. The molecule has 1 aromatic carbocycles. The lowest BCUT2D eigenvalue weighted by Crippen LogP contribution is -2.61. The zero-order valence-corrected chi connectivity index (χ0v) is 16.3. The third-order valence-corrected chi connectivity index (χ3v) is 7.38. The van der Waals surface area contributed by atoms with Crippen molar-refractivity contribution in [2.45, 2.75) is 56.5 Å². The first-order valence-corrected chi connectivity index (χ1v) is 10.1. The Labute approximate surface area is 168 Å². The van der Waals surface area contributed by atoms with Crippen molar-refractivity contribution < 1.29 is 19.8 Å². The molecule has 9 heteroatoms. The zero-order chi connectivity index (χ0) is 20.7. The fraction of sp³-hybridized carbons (Fsp3) is 0.700. The molecule has 5 rings (SSSR count). The minimum absolute atomic E-state index is 0.00315. The molecule has 4 fully saturated rings. The molecule has 29 heavy (non-hydrogen) atoms. The summed E-state index contributed by atoms with van der Waals surface area (Å²) in [6.45, 7) is 0.153. The van der Waals surface area contributed by atoms with Crippen LogP contribution >= 0.6 is 0 Å². The van der Waals surface area contributed by atoms with Gasteiger partial charge in [-0.05, 0) is 79.2 Å². The number of benzene rings is 1. The van der Waals surface area contributed by atoms with Gasteiger partial charge >= 0.3 is 0 Å². The number of hydrogen-bond acceptors (Lipinski definition) is 7. The van der Waals surface area contributed by atoms with Gasteiger partial charge in [0, 0.05) is 0 Å². The van der Waals surface area contributed by atoms with Gasteiger partial charge in [0.1, 0.15) is 12.7 Å². The summed E-state index contributed by atoms with van der Waals surface area (Å²) in [5, 5.41) is 19.8. The van der Waals surface area contributed by atoms with Crippen LogP contribution in [-0.4, -0.2) is 29.4 Å². The third kappa shape index (κ3) is 3.75. The van der Waals surface area contributed by atoms with Crippen molar-refractivity contribution in [3.8, 4) is 0 Å². The van der Waals surface area contributed by atoms with Crippen LogP contribution in [0.3, 0.4) is 0 Å². The van der Waals surface area contributed by atoms with Crippen LogP contribution in [0.2, 0.25) is 0 Å². The first-order chi connectivity index (χ1) is 13.8. The molecule has 4 saturated carbocycles. The molecule has 4 aliphatic carbocycles. The van der Waals surface area contributed by atoms with Crippen LogP contribution in [0.15, 0.2) is 30.3 Å². The van der Waals surface area contributed by atoms with Crippen LogP contribution in [-0.2, 0) is 15.1 Å². The maximum atomic E-state index is 11.0. The van der Waals surface area contributed by atoms with E-state index < -0.39 is 22.9 Å². The molecule has 0 heterocycles. The van der Waals surface area contributed by atoms with Crippen LogP contribution in [0, 0.1) is 37.0 Å². The van der Waals surface area contributed by atoms with Crippen LogP contribution in [0.5, 0.6) is 0 Å². The molecule has 158 valence electrons. The molecule has 4 bridgehead atoms. The second-order valence-corrected chi connectivity index (χ2v) is 9.53. The molecule has 2 N–H and O–H groups in total. The standard InChI is InChI=1S/C20H27N3O6/c21-14-19-7-15-6-18(11-19,9-17(29-23(26)27)10-28-22(24)25)12-20(8-15,13-19)16-4-2-1-3-5-16/h1-5,15,17H,6-14,21H2. The SMILES string of the molecule is NCC12CC3CC(CC(CO[N+](=O)[O-])O[N+](=O)[O-])(C1)CC(c1ccccc1)(C3)C2. The number of hydrogen-bond donors (Lipinski definition) is 1. The number of rotatable bonds is 9. The summed E-state index contributed by atoms with van der Waals surface area (Å²) < 4.78 is 0. The molecule has 9 nitrogen and oxygen atoms in total. The van der Waals surface area contributed by atoms with E-state index in [4.69, 9.17) is 10.6 Å². The highest BCUT2D eigenvalue weighted by Gasteiger charge is 2.63. The summed E-state index contributed by atoms with van der Waals surface area (Å²) in [5.41, 5.74) is 7.42. The molecule has 0 spiro atoms. The van der Waals surface area contributed by atoms with Gasteiger partial charge in [0.05, 0.1) is 0 Å². The van der Waals surface area contributed by atoms with Crippen molar-refractivity contribution in [2.24, 2.45) is 22.5 Å². The highest BCUT2D eigenvalue weighted by molar-refractivity contribution is 5.32. The van der Waals surface area contributed by atoms with Crippen LogP contribution in [0.4, 0.5) is 0 Å². The van der Waals surface area contributed by atoms with Gasteiger partial charge in [0.25, 0.3) is 10.2 Å². The van der Waals surface area contributed by atoms with Crippen molar-refractivity contribution in [3.05, 3.63) is 56.1 Å². The van der Waals surface area contributed by atoms with Crippen molar-refractivity contribution in [2.75, 3.05) is 13.2 Å². The first kappa shape index (κ1) is 19.9. The summed E-state index contributed by atoms with van der Waals surface area (Å²) in [5.74, 6) is 0.502. The fourth-order valence-electron chi connectivity index (χ4n) is 7.29.